The van der Waals surface area contributed by atoms with Crippen molar-refractivity contribution in [2.75, 3.05) is 6.54 Å². The number of allylic oxidation sites excluding steroid dienone is 1. The average Bonchev–Trinajstić information content (AvgIpc) is 3.30. The Kier molecular flexibility index (Phi) is 8.19. The lowest BCUT2D eigenvalue weighted by molar-refractivity contribution is 0.0963. The van der Waals surface area contributed by atoms with E-state index in [1.54, 1.807) is 0 Å². The van der Waals surface area contributed by atoms with Gasteiger partial charge in [-0.05, 0) is 36.0 Å². The van der Waals surface area contributed by atoms with Gasteiger partial charge in [0.15, 0.2) is 0 Å². The molecule has 1 fully saturated rings. The number of hydrogen-bond donors (Lipinski definition) is 0. The first-order valence-electron chi connectivity index (χ1n) is 12.5. The first-order chi connectivity index (χ1) is 16.7. The van der Waals surface area contributed by atoms with Crippen LogP contribution in [0.4, 0.5) is 4.79 Å². The van der Waals surface area contributed by atoms with Gasteiger partial charge in [-0.15, -0.1) is 0 Å². The van der Waals surface area contributed by atoms with Crippen molar-refractivity contribution >= 4 is 6.09 Å². The number of carbonyl (C=O) groups is 1. The zero-order valence-electron chi connectivity index (χ0n) is 20.1. The minimum atomic E-state index is -0.271. The molecule has 4 rings (SSSR count). The van der Waals surface area contributed by atoms with E-state index >= 15 is 0 Å². The molecule has 1 aliphatic rings. The molecule has 0 spiro atoms. The number of unbranched alkanes of at least 4 members (excludes halogenated alkanes) is 3. The van der Waals surface area contributed by atoms with Crippen LogP contribution in [0.25, 0.3) is 0 Å². The van der Waals surface area contributed by atoms with Crippen LogP contribution in [0.2, 0.25) is 0 Å². The number of likely N-dealkylation sites (tertiary alicyclic amines) is 1. The third-order valence-electron chi connectivity index (χ3n) is 6.82. The number of rotatable bonds is 9. The van der Waals surface area contributed by atoms with Crippen LogP contribution in [0.15, 0.2) is 103 Å². The van der Waals surface area contributed by atoms with Crippen LogP contribution in [0.1, 0.15) is 55.7 Å². The highest BCUT2D eigenvalue weighted by Gasteiger charge is 2.47. The third-order valence-corrected chi connectivity index (χ3v) is 6.82. The molecule has 1 saturated heterocycles. The molecule has 1 aliphatic heterocycles. The molecule has 1 unspecified atom stereocenters. The van der Waals surface area contributed by atoms with Crippen molar-refractivity contribution in [3.63, 3.8) is 0 Å². The molecule has 3 nitrogen and oxygen atoms in total. The fraction of sp³-hybridized carbons (Fsp3) is 0.323. The van der Waals surface area contributed by atoms with E-state index < -0.39 is 0 Å². The number of benzene rings is 3. The highest BCUT2D eigenvalue weighted by Crippen LogP contribution is 2.44. The Morgan fingerprint density at radius 1 is 0.912 bits per heavy atom. The zero-order chi connectivity index (χ0) is 23.6. The van der Waals surface area contributed by atoms with Crippen molar-refractivity contribution in [2.45, 2.75) is 57.1 Å². The summed E-state index contributed by atoms with van der Waals surface area (Å²) in [5.74, 6) is 0. The minimum Gasteiger partial charge on any atom is -0.445 e. The van der Waals surface area contributed by atoms with Gasteiger partial charge in [-0.2, -0.15) is 0 Å². The number of hydrogen-bond acceptors (Lipinski definition) is 2. The van der Waals surface area contributed by atoms with Crippen LogP contribution in [0.5, 0.6) is 0 Å². The topological polar surface area (TPSA) is 29.5 Å². The average molecular weight is 454 g/mol. The van der Waals surface area contributed by atoms with Crippen molar-refractivity contribution in [2.24, 2.45) is 0 Å². The maximum Gasteiger partial charge on any atom is 0.410 e. The number of carbonyl (C=O) groups excluding carboxylic acids is 1. The highest BCUT2D eigenvalue weighted by molar-refractivity contribution is 5.70. The van der Waals surface area contributed by atoms with Gasteiger partial charge in [-0.3, -0.25) is 0 Å². The Balaban J connectivity index is 1.62. The number of ether oxygens (including phenoxy) is 1. The fourth-order valence-electron chi connectivity index (χ4n) is 4.98. The van der Waals surface area contributed by atoms with Gasteiger partial charge in [-0.1, -0.05) is 123 Å². The van der Waals surface area contributed by atoms with Crippen LogP contribution in [0, 0.1) is 0 Å². The van der Waals surface area contributed by atoms with Gasteiger partial charge in [-0.25, -0.2) is 4.79 Å². The normalized spacial score (nSPS) is 17.2. The lowest BCUT2D eigenvalue weighted by atomic mass is 9.73. The van der Waals surface area contributed by atoms with Crippen molar-refractivity contribution < 1.29 is 9.53 Å². The molecular weight excluding hydrogens is 418 g/mol. The molecule has 1 amide bonds. The summed E-state index contributed by atoms with van der Waals surface area (Å²) >= 11 is 0. The van der Waals surface area contributed by atoms with Crippen LogP contribution >= 0.6 is 0 Å². The molecule has 1 heterocycles. The lowest BCUT2D eigenvalue weighted by Gasteiger charge is -2.30. The first-order valence-corrected chi connectivity index (χ1v) is 12.5. The molecule has 0 saturated carbocycles. The second kappa shape index (κ2) is 11.7. The van der Waals surface area contributed by atoms with Gasteiger partial charge in [0.2, 0.25) is 0 Å². The van der Waals surface area contributed by atoms with Crippen molar-refractivity contribution in [1.82, 2.24) is 4.90 Å². The molecular formula is C31H35NO2. The highest BCUT2D eigenvalue weighted by atomic mass is 16.6. The monoisotopic (exact) mass is 453 g/mol. The molecule has 0 bridgehead atoms. The smallest absolute Gasteiger partial charge is 0.410 e. The standard InChI is InChI=1S/C31H35NO2/c1-2-3-4-5-15-22-29-23-31(27-18-11-7-12-19-27,28-20-13-8-14-21-28)25-32(29)30(33)34-24-26-16-9-6-10-17-26/h6-22,29H,2-5,23-25H2,1H3. The molecule has 1 atom stereocenters. The van der Waals surface area contributed by atoms with Gasteiger partial charge in [0.25, 0.3) is 0 Å². The van der Waals surface area contributed by atoms with Gasteiger partial charge in [0.05, 0.1) is 6.04 Å². The molecule has 0 aliphatic carbocycles. The molecule has 0 aromatic heterocycles. The summed E-state index contributed by atoms with van der Waals surface area (Å²) in [7, 11) is 0. The molecule has 3 heteroatoms. The predicted octanol–water partition coefficient (Wildman–Crippen LogP) is 7.52. The Labute approximate surface area is 204 Å². The molecule has 0 radical (unpaired) electrons. The third kappa shape index (κ3) is 5.59. The van der Waals surface area contributed by atoms with E-state index in [-0.39, 0.29) is 24.2 Å². The Bertz CT molecular complexity index is 1010. The molecule has 3 aromatic rings. The van der Waals surface area contributed by atoms with E-state index in [2.05, 4.69) is 67.6 Å². The number of nitrogens with zero attached hydrogens (tertiary/aromatic N) is 1. The second-order valence-corrected chi connectivity index (χ2v) is 9.18. The van der Waals surface area contributed by atoms with Crippen LogP contribution < -0.4 is 0 Å². The van der Waals surface area contributed by atoms with Crippen LogP contribution in [-0.4, -0.2) is 23.6 Å². The van der Waals surface area contributed by atoms with Crippen molar-refractivity contribution in [3.8, 4) is 0 Å². The molecule has 176 valence electrons. The van der Waals surface area contributed by atoms with E-state index in [1.807, 2.05) is 47.4 Å². The Morgan fingerprint density at radius 2 is 1.50 bits per heavy atom. The molecule has 34 heavy (non-hydrogen) atoms. The van der Waals surface area contributed by atoms with E-state index in [4.69, 9.17) is 4.74 Å². The van der Waals surface area contributed by atoms with Crippen molar-refractivity contribution in [3.05, 3.63) is 120 Å². The van der Waals surface area contributed by atoms with Crippen LogP contribution in [0.3, 0.4) is 0 Å². The largest absolute Gasteiger partial charge is 0.445 e. The van der Waals surface area contributed by atoms with E-state index in [0.717, 1.165) is 18.4 Å². The maximum absolute atomic E-state index is 13.4. The summed E-state index contributed by atoms with van der Waals surface area (Å²) in [6.45, 7) is 3.10. The van der Waals surface area contributed by atoms with E-state index in [0.29, 0.717) is 6.54 Å². The van der Waals surface area contributed by atoms with Gasteiger partial charge < -0.3 is 9.64 Å². The predicted molar refractivity (Wildman–Crippen MR) is 139 cm³/mol. The van der Waals surface area contributed by atoms with Crippen LogP contribution in [-0.2, 0) is 16.8 Å². The van der Waals surface area contributed by atoms with E-state index in [1.165, 1.54) is 30.4 Å². The van der Waals surface area contributed by atoms with Gasteiger partial charge in [0, 0.05) is 12.0 Å². The van der Waals surface area contributed by atoms with Gasteiger partial charge >= 0.3 is 6.09 Å². The Morgan fingerprint density at radius 3 is 2.09 bits per heavy atom. The minimum absolute atomic E-state index is 0.00897. The summed E-state index contributed by atoms with van der Waals surface area (Å²) in [4.78, 5) is 15.3. The SMILES string of the molecule is CCCCCC=CC1CC(c2ccccc2)(c2ccccc2)CN1C(=O)OCc1ccccc1. The maximum atomic E-state index is 13.4. The number of amides is 1. The zero-order valence-corrected chi connectivity index (χ0v) is 20.1. The molecule has 3 aromatic carbocycles. The summed E-state index contributed by atoms with van der Waals surface area (Å²) in [6.07, 6.45) is 9.74. The summed E-state index contributed by atoms with van der Waals surface area (Å²) < 4.78 is 5.81. The quantitative estimate of drug-likeness (QED) is 0.248. The fourth-order valence-corrected chi connectivity index (χ4v) is 4.98. The molecule has 0 N–H and O–H groups in total. The second-order valence-electron chi connectivity index (χ2n) is 9.18. The first kappa shape index (κ1) is 23.8. The summed E-state index contributed by atoms with van der Waals surface area (Å²) in [6, 6.07) is 31.1. The Hall–Kier alpha value is -3.33. The van der Waals surface area contributed by atoms with E-state index in [9.17, 15) is 4.79 Å². The van der Waals surface area contributed by atoms with Gasteiger partial charge in [0.1, 0.15) is 6.61 Å². The summed E-state index contributed by atoms with van der Waals surface area (Å²) in [5, 5.41) is 0. The lowest BCUT2D eigenvalue weighted by Crippen LogP contribution is -2.37. The summed E-state index contributed by atoms with van der Waals surface area (Å²) in [5.41, 5.74) is 3.21. The van der Waals surface area contributed by atoms with Crippen molar-refractivity contribution in [1.29, 1.82) is 0 Å².